The first-order chi connectivity index (χ1) is 25.3. The third-order valence-electron chi connectivity index (χ3n) is 8.03. The number of hydrogen-bond acceptors (Lipinski definition) is 8. The van der Waals surface area contributed by atoms with E-state index in [0.717, 1.165) is 29.0 Å². The summed E-state index contributed by atoms with van der Waals surface area (Å²) in [4.78, 5) is 30.6. The van der Waals surface area contributed by atoms with Gasteiger partial charge in [0.25, 0.3) is 15.9 Å². The quantitative estimate of drug-likeness (QED) is 0.0722. The van der Waals surface area contributed by atoms with Gasteiger partial charge in [0.05, 0.1) is 17.4 Å². The summed E-state index contributed by atoms with van der Waals surface area (Å²) in [5.74, 6) is -0.436. The van der Waals surface area contributed by atoms with Crippen LogP contribution < -0.4 is 19.8 Å². The van der Waals surface area contributed by atoms with Crippen LogP contribution in [0.15, 0.2) is 156 Å². The number of nitrogens with zero attached hydrogens (tertiary/aromatic N) is 4. The molecule has 11 nitrogen and oxygen atoms in total. The van der Waals surface area contributed by atoms with Crippen LogP contribution in [-0.4, -0.2) is 42.5 Å². The predicted molar refractivity (Wildman–Crippen MR) is 203 cm³/mol. The van der Waals surface area contributed by atoms with Gasteiger partial charge < -0.3 is 14.6 Å². The van der Waals surface area contributed by atoms with Crippen molar-refractivity contribution in [3.05, 3.63) is 163 Å². The van der Waals surface area contributed by atoms with E-state index < -0.39 is 15.9 Å². The summed E-state index contributed by atoms with van der Waals surface area (Å²) in [6.45, 7) is 4.12. The molecule has 0 unspecified atom stereocenters. The predicted octanol–water partition coefficient (Wildman–Crippen LogP) is 6.33. The molecule has 262 valence electrons. The van der Waals surface area contributed by atoms with Crippen molar-refractivity contribution in [2.24, 2.45) is 5.10 Å². The monoisotopic (exact) mass is 712 g/mol. The Morgan fingerprint density at radius 2 is 1.58 bits per heavy atom. The Labute approximate surface area is 301 Å². The number of hydrazone groups is 1. The van der Waals surface area contributed by atoms with Crippen LogP contribution in [0.2, 0.25) is 0 Å². The van der Waals surface area contributed by atoms with E-state index >= 15 is 0 Å². The fraction of sp³-hybridized carbons (Fsp3) is 0.100. The van der Waals surface area contributed by atoms with E-state index in [1.165, 1.54) is 18.3 Å². The second-order valence-corrected chi connectivity index (χ2v) is 13.4. The van der Waals surface area contributed by atoms with E-state index in [9.17, 15) is 18.0 Å². The minimum Gasteiger partial charge on any atom is -0.489 e. The number of nitrogens with one attached hydrogen (secondary N) is 2. The summed E-state index contributed by atoms with van der Waals surface area (Å²) in [7, 11) is -4.54. The van der Waals surface area contributed by atoms with Crippen molar-refractivity contribution in [1.82, 2.24) is 14.9 Å². The molecule has 0 bridgehead atoms. The Bertz CT molecular complexity index is 2290. The lowest BCUT2D eigenvalue weighted by Gasteiger charge is -2.20. The highest BCUT2D eigenvalue weighted by atomic mass is 32.2. The standard InChI is InChI=1S/C40H36N6O5S/c1-2-40(48)46(52(49,50)34-19-21-38(42-26-34)44-43-25-31-14-8-4-9-15-31)37-27-45(28-39(47)41-23-22-30-12-6-3-7-13-30)36-20-18-33(24-35(36)37)51-29-32-16-10-5-11-17-32/h2-21,24-27H,1,22-23,28-29H2,(H,41,47)(H,42,44)/b43-25+. The number of carbonyl (C=O) groups excluding carboxylic acids is 2. The highest BCUT2D eigenvalue weighted by Crippen LogP contribution is 2.36. The second-order valence-electron chi connectivity index (χ2n) is 11.7. The minimum atomic E-state index is -4.54. The molecule has 0 fully saturated rings. The zero-order valence-corrected chi connectivity index (χ0v) is 28.9. The highest BCUT2D eigenvalue weighted by molar-refractivity contribution is 7.93. The first-order valence-electron chi connectivity index (χ1n) is 16.4. The number of benzene rings is 4. The van der Waals surface area contributed by atoms with Gasteiger partial charge in [-0.2, -0.15) is 9.41 Å². The summed E-state index contributed by atoms with van der Waals surface area (Å²) in [5.41, 5.74) is 6.21. The summed E-state index contributed by atoms with van der Waals surface area (Å²) in [6, 6.07) is 36.7. The molecule has 2 N–H and O–H groups in total. The van der Waals surface area contributed by atoms with E-state index in [4.69, 9.17) is 4.74 Å². The zero-order chi connectivity index (χ0) is 36.3. The summed E-state index contributed by atoms with van der Waals surface area (Å²) >= 11 is 0. The number of pyridine rings is 1. The molecule has 0 spiro atoms. The van der Waals surface area contributed by atoms with Crippen LogP contribution in [0, 0.1) is 0 Å². The van der Waals surface area contributed by atoms with Crippen LogP contribution in [0.5, 0.6) is 5.75 Å². The fourth-order valence-corrected chi connectivity index (χ4v) is 6.80. The average molecular weight is 713 g/mol. The Hall–Kier alpha value is -6.53. The topological polar surface area (TPSA) is 135 Å². The molecular weight excluding hydrogens is 677 g/mol. The number of carbonyl (C=O) groups is 2. The van der Waals surface area contributed by atoms with Gasteiger partial charge in [-0.3, -0.25) is 15.0 Å². The van der Waals surface area contributed by atoms with E-state index in [2.05, 4.69) is 27.4 Å². The van der Waals surface area contributed by atoms with Gasteiger partial charge in [0.1, 0.15) is 29.6 Å². The Morgan fingerprint density at radius 1 is 0.885 bits per heavy atom. The Kier molecular flexibility index (Phi) is 11.2. The number of rotatable bonds is 15. The molecule has 6 rings (SSSR count). The van der Waals surface area contributed by atoms with Crippen molar-refractivity contribution in [2.45, 2.75) is 24.5 Å². The maximum Gasteiger partial charge on any atom is 0.272 e. The number of sulfonamides is 1. The smallest absolute Gasteiger partial charge is 0.272 e. The SMILES string of the molecule is C=CC(=O)N(c1cn(CC(=O)NCCc2ccccc2)c2ccc(OCc3ccccc3)cc12)S(=O)(=O)c1ccc(N/N=C/c2ccccc2)nc1. The van der Waals surface area contributed by atoms with Crippen molar-refractivity contribution >= 4 is 50.5 Å². The summed E-state index contributed by atoms with van der Waals surface area (Å²) in [5, 5.41) is 7.46. The number of anilines is 2. The van der Waals surface area contributed by atoms with Crippen molar-refractivity contribution in [2.75, 3.05) is 16.3 Å². The molecule has 52 heavy (non-hydrogen) atoms. The molecule has 0 radical (unpaired) electrons. The lowest BCUT2D eigenvalue weighted by Crippen LogP contribution is -2.35. The first kappa shape index (κ1) is 35.3. The third kappa shape index (κ3) is 8.60. The minimum absolute atomic E-state index is 0.0248. The first-order valence-corrected chi connectivity index (χ1v) is 17.9. The van der Waals surface area contributed by atoms with E-state index in [1.807, 2.05) is 91.0 Å². The van der Waals surface area contributed by atoms with Crippen molar-refractivity contribution in [3.63, 3.8) is 0 Å². The van der Waals surface area contributed by atoms with Crippen molar-refractivity contribution in [1.29, 1.82) is 0 Å². The number of ether oxygens (including phenoxy) is 1. The van der Waals surface area contributed by atoms with Gasteiger partial charge in [-0.15, -0.1) is 0 Å². The van der Waals surface area contributed by atoms with Crippen molar-refractivity contribution < 1.29 is 22.7 Å². The molecule has 0 aliphatic heterocycles. The largest absolute Gasteiger partial charge is 0.489 e. The number of amides is 2. The molecule has 2 heterocycles. The molecule has 0 saturated carbocycles. The van der Waals surface area contributed by atoms with E-state index in [1.54, 1.807) is 29.0 Å². The van der Waals surface area contributed by atoms with Crippen LogP contribution in [0.1, 0.15) is 16.7 Å². The average Bonchev–Trinajstić information content (AvgIpc) is 3.51. The van der Waals surface area contributed by atoms with Crippen LogP contribution in [0.4, 0.5) is 11.5 Å². The third-order valence-corrected chi connectivity index (χ3v) is 9.73. The maximum atomic E-state index is 14.2. The fourth-order valence-electron chi connectivity index (χ4n) is 5.45. The van der Waals surface area contributed by atoms with Crippen LogP contribution in [0.25, 0.3) is 10.9 Å². The van der Waals surface area contributed by atoms with Gasteiger partial charge in [-0.25, -0.2) is 13.4 Å². The van der Waals surface area contributed by atoms with Gasteiger partial charge in [0.15, 0.2) is 0 Å². The molecule has 6 aromatic rings. The Morgan fingerprint density at radius 3 is 2.25 bits per heavy atom. The molecule has 0 aliphatic rings. The molecule has 0 atom stereocenters. The molecular formula is C40H36N6O5S. The molecule has 0 saturated heterocycles. The molecule has 2 amide bonds. The van der Waals surface area contributed by atoms with E-state index in [-0.39, 0.29) is 29.6 Å². The normalized spacial score (nSPS) is 11.3. The molecule has 2 aromatic heterocycles. The van der Waals surface area contributed by atoms with Gasteiger partial charge >= 0.3 is 0 Å². The Balaban J connectivity index is 1.30. The zero-order valence-electron chi connectivity index (χ0n) is 28.1. The van der Waals surface area contributed by atoms with E-state index in [0.29, 0.717) is 39.7 Å². The highest BCUT2D eigenvalue weighted by Gasteiger charge is 2.33. The molecule has 0 aliphatic carbocycles. The maximum absolute atomic E-state index is 14.2. The van der Waals surface area contributed by atoms with Crippen molar-refractivity contribution in [3.8, 4) is 5.75 Å². The van der Waals surface area contributed by atoms with Gasteiger partial charge in [-0.1, -0.05) is 97.6 Å². The molecule has 4 aromatic carbocycles. The van der Waals surface area contributed by atoms with Crippen LogP contribution in [-0.2, 0) is 39.2 Å². The van der Waals surface area contributed by atoms with Crippen LogP contribution in [0.3, 0.4) is 0 Å². The van der Waals surface area contributed by atoms with Gasteiger partial charge in [-0.05, 0) is 59.5 Å². The number of aromatic nitrogens is 2. The summed E-state index contributed by atoms with van der Waals surface area (Å²) in [6.07, 6.45) is 5.80. The van der Waals surface area contributed by atoms with Gasteiger partial charge in [0.2, 0.25) is 5.91 Å². The molecule has 12 heteroatoms. The van der Waals surface area contributed by atoms with Gasteiger partial charge in [0, 0.05) is 24.3 Å². The lowest BCUT2D eigenvalue weighted by molar-refractivity contribution is -0.121. The van der Waals surface area contributed by atoms with Crippen LogP contribution >= 0.6 is 0 Å². The lowest BCUT2D eigenvalue weighted by atomic mass is 10.1. The number of hydrogen-bond donors (Lipinski definition) is 2. The summed E-state index contributed by atoms with van der Waals surface area (Å²) < 4.78 is 36.8. The second kappa shape index (κ2) is 16.5. The number of fused-ring (bicyclic) bond motifs is 1.